The van der Waals surface area contributed by atoms with Crippen molar-refractivity contribution in [3.8, 4) is 5.75 Å². The van der Waals surface area contributed by atoms with Gasteiger partial charge in [-0.1, -0.05) is 12.1 Å². The molecule has 2 rings (SSSR count). The molecule has 0 aromatic heterocycles. The zero-order valence-electron chi connectivity index (χ0n) is 11.3. The van der Waals surface area contributed by atoms with Crippen molar-refractivity contribution >= 4 is 0 Å². The first-order chi connectivity index (χ1) is 9.42. The summed E-state index contributed by atoms with van der Waals surface area (Å²) in [6.45, 7) is 4.48. The van der Waals surface area contributed by atoms with Crippen LogP contribution in [-0.4, -0.2) is 49.5 Å². The fraction of sp³-hybridized carbons (Fsp3) is 0.538. The molecule has 0 unspecified atom stereocenters. The molecule has 1 saturated heterocycles. The van der Waals surface area contributed by atoms with Crippen molar-refractivity contribution < 1.29 is 17.9 Å². The normalized spacial score (nSPS) is 18.2. The molecule has 20 heavy (non-hydrogen) atoms. The van der Waals surface area contributed by atoms with Crippen molar-refractivity contribution in [2.45, 2.75) is 12.9 Å². The Bertz CT molecular complexity index is 414. The number of ether oxygens (including phenoxy) is 1. The highest BCUT2D eigenvalue weighted by molar-refractivity contribution is 5.27. The fourth-order valence-electron chi connectivity index (χ4n) is 1.98. The molecule has 0 saturated carbocycles. The van der Waals surface area contributed by atoms with Crippen molar-refractivity contribution in [3.05, 3.63) is 29.8 Å². The number of piperazine rings is 1. The molecule has 0 radical (unpaired) electrons. The van der Waals surface area contributed by atoms with Gasteiger partial charge in [0.2, 0.25) is 0 Å². The molecular weight excluding hydrogens is 271 g/mol. The monoisotopic (exact) mass is 289 g/mol. The van der Waals surface area contributed by atoms with Gasteiger partial charge < -0.3 is 9.64 Å². The number of hydrazine groups is 1. The second-order valence-electron chi connectivity index (χ2n) is 4.82. The molecule has 7 heteroatoms. The number of hydrogen-bond donors (Lipinski definition) is 1. The van der Waals surface area contributed by atoms with Crippen LogP contribution in [0.1, 0.15) is 5.56 Å². The third-order valence-electron chi connectivity index (χ3n) is 3.17. The minimum atomic E-state index is -4.64. The van der Waals surface area contributed by atoms with Crippen molar-refractivity contribution in [1.82, 2.24) is 15.3 Å². The van der Waals surface area contributed by atoms with E-state index in [0.29, 0.717) is 6.54 Å². The Morgan fingerprint density at radius 2 is 1.70 bits per heavy atom. The van der Waals surface area contributed by atoms with E-state index in [9.17, 15) is 13.2 Å². The molecule has 1 heterocycles. The van der Waals surface area contributed by atoms with E-state index < -0.39 is 6.36 Å². The first kappa shape index (κ1) is 15.1. The molecule has 4 nitrogen and oxygen atoms in total. The summed E-state index contributed by atoms with van der Waals surface area (Å²) in [5, 5.41) is 2.13. The number of halogens is 3. The quantitative estimate of drug-likeness (QED) is 0.915. The summed E-state index contributed by atoms with van der Waals surface area (Å²) in [5.41, 5.74) is 4.19. The van der Waals surface area contributed by atoms with Gasteiger partial charge in [0.15, 0.2) is 0 Å². The molecule has 0 bridgehead atoms. The SMILES string of the molecule is CN1CCN(NCc2ccc(OC(F)(F)F)cc2)CC1. The van der Waals surface area contributed by atoms with Crippen LogP contribution in [0, 0.1) is 0 Å². The van der Waals surface area contributed by atoms with Crippen molar-refractivity contribution in [2.75, 3.05) is 33.2 Å². The highest BCUT2D eigenvalue weighted by Gasteiger charge is 2.30. The molecule has 1 aromatic rings. The molecule has 0 amide bonds. The molecule has 112 valence electrons. The first-order valence-corrected chi connectivity index (χ1v) is 6.44. The van der Waals surface area contributed by atoms with Gasteiger partial charge in [0, 0.05) is 32.7 Å². The van der Waals surface area contributed by atoms with Gasteiger partial charge in [-0.15, -0.1) is 13.2 Å². The van der Waals surface area contributed by atoms with Gasteiger partial charge in [-0.05, 0) is 24.7 Å². The Morgan fingerprint density at radius 1 is 1.10 bits per heavy atom. The third kappa shape index (κ3) is 4.99. The van der Waals surface area contributed by atoms with Crippen LogP contribution in [0.5, 0.6) is 5.75 Å². The molecule has 1 fully saturated rings. The average Bonchev–Trinajstić information content (AvgIpc) is 2.38. The van der Waals surface area contributed by atoms with Gasteiger partial charge in [0.1, 0.15) is 5.75 Å². The summed E-state index contributed by atoms with van der Waals surface area (Å²) >= 11 is 0. The lowest BCUT2D eigenvalue weighted by Crippen LogP contribution is -2.50. The minimum absolute atomic E-state index is 0.194. The van der Waals surface area contributed by atoms with Crippen molar-refractivity contribution in [3.63, 3.8) is 0 Å². The Kier molecular flexibility index (Phi) is 4.85. The summed E-state index contributed by atoms with van der Waals surface area (Å²) in [5.74, 6) is -0.194. The van der Waals surface area contributed by atoms with E-state index in [1.54, 1.807) is 12.1 Å². The predicted molar refractivity (Wildman–Crippen MR) is 69.0 cm³/mol. The lowest BCUT2D eigenvalue weighted by atomic mass is 10.2. The lowest BCUT2D eigenvalue weighted by molar-refractivity contribution is -0.274. The molecule has 1 N–H and O–H groups in total. The highest BCUT2D eigenvalue weighted by atomic mass is 19.4. The molecular formula is C13H18F3N3O. The van der Waals surface area contributed by atoms with Gasteiger partial charge in [0.25, 0.3) is 0 Å². The van der Waals surface area contributed by atoms with Gasteiger partial charge in [0.05, 0.1) is 0 Å². The largest absolute Gasteiger partial charge is 0.573 e. The van der Waals surface area contributed by atoms with E-state index in [1.807, 2.05) is 0 Å². The van der Waals surface area contributed by atoms with Gasteiger partial charge in [-0.2, -0.15) is 0 Å². The highest BCUT2D eigenvalue weighted by Crippen LogP contribution is 2.22. The average molecular weight is 289 g/mol. The van der Waals surface area contributed by atoms with Crippen LogP contribution in [0.25, 0.3) is 0 Å². The Morgan fingerprint density at radius 3 is 2.25 bits per heavy atom. The van der Waals surface area contributed by atoms with Crippen LogP contribution in [0.4, 0.5) is 13.2 Å². The van der Waals surface area contributed by atoms with E-state index in [-0.39, 0.29) is 5.75 Å². The van der Waals surface area contributed by atoms with Gasteiger partial charge >= 0.3 is 6.36 Å². The molecule has 1 aliphatic heterocycles. The Balaban J connectivity index is 1.79. The number of nitrogens with one attached hydrogen (secondary N) is 1. The standard InChI is InChI=1S/C13H18F3N3O/c1-18-6-8-19(9-7-18)17-10-11-2-4-12(5-3-11)20-13(14,15)16/h2-5,17H,6-10H2,1H3. The summed E-state index contributed by atoms with van der Waals surface area (Å²) in [6.07, 6.45) is -4.64. The van der Waals surface area contributed by atoms with E-state index in [1.165, 1.54) is 12.1 Å². The van der Waals surface area contributed by atoms with Crippen LogP contribution < -0.4 is 10.2 Å². The summed E-state index contributed by atoms with van der Waals surface area (Å²) in [7, 11) is 2.08. The van der Waals surface area contributed by atoms with Crippen LogP contribution in [0.3, 0.4) is 0 Å². The van der Waals surface area contributed by atoms with Gasteiger partial charge in [-0.25, -0.2) is 5.01 Å². The molecule has 0 atom stereocenters. The predicted octanol–water partition coefficient (Wildman–Crippen LogP) is 1.84. The second kappa shape index (κ2) is 6.43. The lowest BCUT2D eigenvalue weighted by Gasteiger charge is -2.32. The van der Waals surface area contributed by atoms with E-state index in [4.69, 9.17) is 0 Å². The second-order valence-corrected chi connectivity index (χ2v) is 4.82. The number of hydrogen-bond acceptors (Lipinski definition) is 4. The molecule has 0 aliphatic carbocycles. The zero-order valence-corrected chi connectivity index (χ0v) is 11.3. The van der Waals surface area contributed by atoms with Crippen molar-refractivity contribution in [2.24, 2.45) is 0 Å². The summed E-state index contributed by atoms with van der Waals surface area (Å²) in [4.78, 5) is 2.25. The number of alkyl halides is 3. The Hall–Kier alpha value is -1.31. The van der Waals surface area contributed by atoms with Crippen LogP contribution in [0.2, 0.25) is 0 Å². The fourth-order valence-corrected chi connectivity index (χ4v) is 1.98. The van der Waals surface area contributed by atoms with E-state index >= 15 is 0 Å². The minimum Gasteiger partial charge on any atom is -0.406 e. The number of rotatable bonds is 4. The molecule has 0 spiro atoms. The van der Waals surface area contributed by atoms with Crippen LogP contribution in [0.15, 0.2) is 24.3 Å². The molecule has 1 aromatic carbocycles. The number of likely N-dealkylation sites (N-methyl/N-ethyl adjacent to an activating group) is 1. The maximum atomic E-state index is 12.0. The third-order valence-corrected chi connectivity index (χ3v) is 3.17. The topological polar surface area (TPSA) is 27.7 Å². The Labute approximate surface area is 116 Å². The zero-order chi connectivity index (χ0) is 14.6. The smallest absolute Gasteiger partial charge is 0.406 e. The van der Waals surface area contributed by atoms with E-state index in [0.717, 1.165) is 31.7 Å². The van der Waals surface area contributed by atoms with Gasteiger partial charge in [-0.3, -0.25) is 5.43 Å². The summed E-state index contributed by atoms with van der Waals surface area (Å²) in [6, 6.07) is 5.91. The number of nitrogens with zero attached hydrogens (tertiary/aromatic N) is 2. The van der Waals surface area contributed by atoms with Crippen LogP contribution >= 0.6 is 0 Å². The maximum Gasteiger partial charge on any atom is 0.573 e. The molecule has 1 aliphatic rings. The van der Waals surface area contributed by atoms with Crippen molar-refractivity contribution in [1.29, 1.82) is 0 Å². The first-order valence-electron chi connectivity index (χ1n) is 6.44. The summed E-state index contributed by atoms with van der Waals surface area (Å²) < 4.78 is 39.9. The number of benzene rings is 1. The van der Waals surface area contributed by atoms with Crippen LogP contribution in [-0.2, 0) is 6.54 Å². The van der Waals surface area contributed by atoms with E-state index in [2.05, 4.69) is 27.1 Å². The maximum absolute atomic E-state index is 12.0.